The number of rotatable bonds is 5. The van der Waals surface area contributed by atoms with Gasteiger partial charge in [-0.3, -0.25) is 19.8 Å². The van der Waals surface area contributed by atoms with Gasteiger partial charge in [-0.15, -0.1) is 0 Å². The third kappa shape index (κ3) is 4.24. The fourth-order valence-corrected chi connectivity index (χ4v) is 2.40. The quantitative estimate of drug-likeness (QED) is 0.651. The molecule has 0 unspecified atom stereocenters. The van der Waals surface area contributed by atoms with Crippen LogP contribution in [-0.2, 0) is 4.79 Å². The molecule has 7 nitrogen and oxygen atoms in total. The van der Waals surface area contributed by atoms with E-state index in [0.717, 1.165) is 32.7 Å². The van der Waals surface area contributed by atoms with E-state index in [1.807, 2.05) is 0 Å². The maximum atomic E-state index is 12.0. The maximum Gasteiger partial charge on any atom is 0.292 e. The van der Waals surface area contributed by atoms with Crippen molar-refractivity contribution in [1.29, 1.82) is 0 Å². The molecule has 1 aliphatic rings. The molecular weight excluding hydrogens is 272 g/mol. The van der Waals surface area contributed by atoms with Crippen molar-refractivity contribution < 1.29 is 9.72 Å². The van der Waals surface area contributed by atoms with E-state index in [1.165, 1.54) is 6.07 Å². The fraction of sp³-hybridized carbons (Fsp3) is 0.500. The van der Waals surface area contributed by atoms with Gasteiger partial charge in [0, 0.05) is 32.2 Å². The van der Waals surface area contributed by atoms with Gasteiger partial charge < -0.3 is 10.2 Å². The minimum Gasteiger partial charge on any atom is -0.319 e. The highest BCUT2D eigenvalue weighted by atomic mass is 16.6. The molecule has 0 aromatic heterocycles. The van der Waals surface area contributed by atoms with Crippen LogP contribution in [0.25, 0.3) is 0 Å². The number of hydrogen-bond donors (Lipinski definition) is 1. The summed E-state index contributed by atoms with van der Waals surface area (Å²) in [6.45, 7) is 7.01. The molecule has 0 radical (unpaired) electrons. The molecule has 114 valence electrons. The summed E-state index contributed by atoms with van der Waals surface area (Å²) >= 11 is 0. The summed E-state index contributed by atoms with van der Waals surface area (Å²) in [5.74, 6) is -0.214. The lowest BCUT2D eigenvalue weighted by atomic mass is 10.2. The van der Waals surface area contributed by atoms with Gasteiger partial charge in [0.25, 0.3) is 5.69 Å². The van der Waals surface area contributed by atoms with E-state index in [4.69, 9.17) is 0 Å². The largest absolute Gasteiger partial charge is 0.319 e. The Morgan fingerprint density at radius 3 is 2.48 bits per heavy atom. The van der Waals surface area contributed by atoms with Gasteiger partial charge in [0.15, 0.2) is 0 Å². The van der Waals surface area contributed by atoms with Gasteiger partial charge in [-0.25, -0.2) is 0 Å². The van der Waals surface area contributed by atoms with Crippen LogP contribution in [0.2, 0.25) is 0 Å². The molecule has 1 aromatic rings. The van der Waals surface area contributed by atoms with Crippen molar-refractivity contribution in [3.8, 4) is 0 Å². The molecule has 0 spiro atoms. The number of nitro benzene ring substituents is 1. The lowest BCUT2D eigenvalue weighted by Crippen LogP contribution is -2.48. The van der Waals surface area contributed by atoms with Crippen LogP contribution in [0.4, 0.5) is 11.4 Å². The van der Waals surface area contributed by atoms with Gasteiger partial charge in [0.2, 0.25) is 5.91 Å². The van der Waals surface area contributed by atoms with Crippen molar-refractivity contribution in [3.05, 3.63) is 34.4 Å². The van der Waals surface area contributed by atoms with E-state index in [0.29, 0.717) is 0 Å². The number of hydrogen-bond acceptors (Lipinski definition) is 5. The average Bonchev–Trinajstić information content (AvgIpc) is 2.48. The smallest absolute Gasteiger partial charge is 0.292 e. The number of benzene rings is 1. The lowest BCUT2D eigenvalue weighted by molar-refractivity contribution is -0.383. The summed E-state index contributed by atoms with van der Waals surface area (Å²) in [6.07, 6.45) is 0. The monoisotopic (exact) mass is 292 g/mol. The number of piperazine rings is 1. The first-order chi connectivity index (χ1) is 10.1. The number of amides is 1. The van der Waals surface area contributed by atoms with E-state index in [1.54, 1.807) is 18.2 Å². The van der Waals surface area contributed by atoms with Crippen LogP contribution >= 0.6 is 0 Å². The second-order valence-electron chi connectivity index (χ2n) is 5.03. The summed E-state index contributed by atoms with van der Waals surface area (Å²) in [7, 11) is 0. The first kappa shape index (κ1) is 15.4. The van der Waals surface area contributed by atoms with Gasteiger partial charge in [-0.1, -0.05) is 19.1 Å². The number of nitrogens with zero attached hydrogens (tertiary/aromatic N) is 3. The van der Waals surface area contributed by atoms with Crippen molar-refractivity contribution in [2.75, 3.05) is 44.6 Å². The molecule has 1 heterocycles. The maximum absolute atomic E-state index is 12.0. The zero-order chi connectivity index (χ0) is 15.2. The van der Waals surface area contributed by atoms with Crippen LogP contribution in [0.1, 0.15) is 6.92 Å². The molecule has 0 bridgehead atoms. The minimum absolute atomic E-state index is 0.0818. The molecule has 1 aliphatic heterocycles. The number of anilines is 1. The van der Waals surface area contributed by atoms with Crippen molar-refractivity contribution >= 4 is 17.3 Å². The highest BCUT2D eigenvalue weighted by Crippen LogP contribution is 2.22. The summed E-state index contributed by atoms with van der Waals surface area (Å²) in [5, 5.41) is 13.5. The Bertz CT molecular complexity index is 513. The van der Waals surface area contributed by atoms with Gasteiger partial charge in [0.1, 0.15) is 5.69 Å². The number of nitro groups is 1. The standard InChI is InChI=1S/C14H20N4O3/c1-2-16-7-9-17(10-8-16)11-14(19)15-12-5-3-4-6-13(12)18(20)21/h3-6H,2,7-11H2,1H3,(H,15,19). The molecule has 0 saturated carbocycles. The molecule has 0 atom stereocenters. The average molecular weight is 292 g/mol. The summed E-state index contributed by atoms with van der Waals surface area (Å²) in [4.78, 5) is 26.8. The Kier molecular flexibility index (Phi) is 5.24. The Labute approximate surface area is 123 Å². The van der Waals surface area contributed by atoms with Crippen molar-refractivity contribution in [2.24, 2.45) is 0 Å². The highest BCUT2D eigenvalue weighted by molar-refractivity contribution is 5.94. The lowest BCUT2D eigenvalue weighted by Gasteiger charge is -2.33. The summed E-state index contributed by atoms with van der Waals surface area (Å²) in [5.41, 5.74) is 0.168. The predicted octanol–water partition coefficient (Wildman–Crippen LogP) is 1.17. The van der Waals surface area contributed by atoms with Gasteiger partial charge in [-0.2, -0.15) is 0 Å². The number of likely N-dealkylation sites (N-methyl/N-ethyl adjacent to an activating group) is 1. The number of para-hydroxylation sites is 2. The molecule has 1 aromatic carbocycles. The van der Waals surface area contributed by atoms with Gasteiger partial charge >= 0.3 is 0 Å². The molecular formula is C14H20N4O3. The van der Waals surface area contributed by atoms with E-state index in [-0.39, 0.29) is 23.8 Å². The van der Waals surface area contributed by atoms with Crippen molar-refractivity contribution in [2.45, 2.75) is 6.92 Å². The van der Waals surface area contributed by atoms with Gasteiger partial charge in [-0.05, 0) is 12.6 Å². The normalized spacial score (nSPS) is 16.6. The SMILES string of the molecule is CCN1CCN(CC(=O)Nc2ccccc2[N+](=O)[O-])CC1. The summed E-state index contributed by atoms with van der Waals surface area (Å²) in [6, 6.07) is 6.18. The first-order valence-electron chi connectivity index (χ1n) is 7.08. The molecule has 2 rings (SSSR count). The highest BCUT2D eigenvalue weighted by Gasteiger charge is 2.19. The first-order valence-corrected chi connectivity index (χ1v) is 7.08. The third-order valence-electron chi connectivity index (χ3n) is 3.65. The van der Waals surface area contributed by atoms with Crippen LogP contribution < -0.4 is 5.32 Å². The van der Waals surface area contributed by atoms with E-state index in [9.17, 15) is 14.9 Å². The number of carbonyl (C=O) groups is 1. The Hall–Kier alpha value is -1.99. The number of carbonyl (C=O) groups excluding carboxylic acids is 1. The van der Waals surface area contributed by atoms with Crippen molar-refractivity contribution in [1.82, 2.24) is 9.80 Å². The molecule has 0 aliphatic carbocycles. The Morgan fingerprint density at radius 2 is 1.86 bits per heavy atom. The molecule has 7 heteroatoms. The Morgan fingerprint density at radius 1 is 1.24 bits per heavy atom. The van der Waals surface area contributed by atoms with Crippen LogP contribution in [0.15, 0.2) is 24.3 Å². The van der Waals surface area contributed by atoms with E-state index < -0.39 is 4.92 Å². The molecule has 1 saturated heterocycles. The van der Waals surface area contributed by atoms with Crippen LogP contribution in [0, 0.1) is 10.1 Å². The molecule has 1 fully saturated rings. The zero-order valence-electron chi connectivity index (χ0n) is 12.1. The zero-order valence-corrected chi connectivity index (χ0v) is 12.1. The number of nitrogens with one attached hydrogen (secondary N) is 1. The van der Waals surface area contributed by atoms with E-state index >= 15 is 0 Å². The van der Waals surface area contributed by atoms with Crippen LogP contribution in [0.3, 0.4) is 0 Å². The topological polar surface area (TPSA) is 78.7 Å². The molecule has 1 amide bonds. The van der Waals surface area contributed by atoms with Crippen molar-refractivity contribution in [3.63, 3.8) is 0 Å². The van der Waals surface area contributed by atoms with Crippen LogP contribution in [0.5, 0.6) is 0 Å². The summed E-state index contributed by atoms with van der Waals surface area (Å²) < 4.78 is 0. The Balaban J connectivity index is 1.89. The minimum atomic E-state index is -0.490. The molecule has 1 N–H and O–H groups in total. The van der Waals surface area contributed by atoms with Crippen LogP contribution in [-0.4, -0.2) is 59.9 Å². The fourth-order valence-electron chi connectivity index (χ4n) is 2.40. The van der Waals surface area contributed by atoms with E-state index in [2.05, 4.69) is 22.0 Å². The third-order valence-corrected chi connectivity index (χ3v) is 3.65. The van der Waals surface area contributed by atoms with Gasteiger partial charge in [0.05, 0.1) is 11.5 Å². The molecule has 21 heavy (non-hydrogen) atoms. The predicted molar refractivity (Wildman–Crippen MR) is 80.3 cm³/mol. The second-order valence-corrected chi connectivity index (χ2v) is 5.03. The second kappa shape index (κ2) is 7.14.